The maximum Gasteiger partial charge on any atom is 0.286 e. The molecule has 4 nitrogen and oxygen atoms in total. The molecule has 6 heteroatoms. The van der Waals surface area contributed by atoms with Crippen molar-refractivity contribution >= 4 is 45.5 Å². The Balaban J connectivity index is 1.64. The van der Waals surface area contributed by atoms with E-state index in [9.17, 15) is 9.59 Å². The number of carbonyl (C=O) groups is 2. The Morgan fingerprint density at radius 1 is 1.00 bits per heavy atom. The maximum atomic E-state index is 11.5. The van der Waals surface area contributed by atoms with Crippen molar-refractivity contribution in [2.24, 2.45) is 0 Å². The summed E-state index contributed by atoms with van der Waals surface area (Å²) in [7, 11) is 0. The molecule has 1 heterocycles. The zero-order chi connectivity index (χ0) is 15.5. The van der Waals surface area contributed by atoms with Crippen LogP contribution in [0.5, 0.6) is 11.5 Å². The molecular weight excluding hydrogens is 413 g/mol. The summed E-state index contributed by atoms with van der Waals surface area (Å²) in [6.45, 7) is 0. The third-order valence-corrected chi connectivity index (χ3v) is 4.86. The number of rotatable bonds is 4. The Morgan fingerprint density at radius 3 is 2.14 bits per heavy atom. The number of hydrogen-bond acceptors (Lipinski definition) is 4. The molecule has 1 atom stereocenters. The van der Waals surface area contributed by atoms with Crippen LogP contribution in [-0.2, 0) is 11.2 Å². The monoisotopic (exact) mass is 425 g/mol. The number of thioether (sulfide) groups is 1. The topological polar surface area (TPSA) is 55.4 Å². The van der Waals surface area contributed by atoms with Crippen molar-refractivity contribution in [3.05, 3.63) is 57.7 Å². The van der Waals surface area contributed by atoms with E-state index >= 15 is 0 Å². The summed E-state index contributed by atoms with van der Waals surface area (Å²) >= 11 is 3.29. The number of nitrogens with one attached hydrogen (secondary N) is 1. The van der Waals surface area contributed by atoms with Crippen molar-refractivity contribution in [1.82, 2.24) is 5.32 Å². The fraction of sp³-hybridized carbons (Fsp3) is 0.125. The first kappa shape index (κ1) is 15.4. The van der Waals surface area contributed by atoms with Gasteiger partial charge in [0.25, 0.3) is 5.24 Å². The Morgan fingerprint density at radius 2 is 1.59 bits per heavy atom. The second-order valence-corrected chi connectivity index (χ2v) is 7.21. The van der Waals surface area contributed by atoms with Crippen LogP contribution in [0.1, 0.15) is 5.56 Å². The molecule has 1 N–H and O–H groups in total. The molecule has 1 aliphatic rings. The first-order valence-corrected chi connectivity index (χ1v) is 8.60. The minimum absolute atomic E-state index is 0.214. The summed E-state index contributed by atoms with van der Waals surface area (Å²) in [6.07, 6.45) is 0.534. The summed E-state index contributed by atoms with van der Waals surface area (Å²) in [5.74, 6) is 1.31. The van der Waals surface area contributed by atoms with E-state index in [1.807, 2.05) is 48.5 Å². The van der Waals surface area contributed by atoms with Crippen LogP contribution in [0.25, 0.3) is 0 Å². The number of halogens is 1. The highest BCUT2D eigenvalue weighted by atomic mass is 127. The Hall–Kier alpha value is -1.54. The van der Waals surface area contributed by atoms with Gasteiger partial charge in [-0.05, 0) is 71.0 Å². The molecular formula is C16H12INO3S. The van der Waals surface area contributed by atoms with E-state index in [4.69, 9.17) is 4.74 Å². The first-order valence-electron chi connectivity index (χ1n) is 6.64. The van der Waals surface area contributed by atoms with Crippen LogP contribution in [0, 0.1) is 3.57 Å². The predicted molar refractivity (Wildman–Crippen MR) is 94.3 cm³/mol. The Labute approximate surface area is 145 Å². The third-order valence-electron chi connectivity index (χ3n) is 3.16. The molecule has 1 fully saturated rings. The SMILES string of the molecule is O=C1NC(=O)C(Cc2ccc(Oc3ccc(I)cc3)cc2)S1. The standard InChI is InChI=1S/C16H12INO3S/c17-11-3-7-13(8-4-11)21-12-5-1-10(2-6-12)9-14-15(19)18-16(20)22-14/h1-8,14H,9H2,(H,18,19,20). The van der Waals surface area contributed by atoms with E-state index in [2.05, 4.69) is 27.9 Å². The van der Waals surface area contributed by atoms with Gasteiger partial charge in [-0.2, -0.15) is 0 Å². The summed E-state index contributed by atoms with van der Waals surface area (Å²) in [4.78, 5) is 22.7. The van der Waals surface area contributed by atoms with Gasteiger partial charge in [0.15, 0.2) is 0 Å². The normalized spacial score (nSPS) is 17.4. The summed E-state index contributed by atoms with van der Waals surface area (Å²) in [6, 6.07) is 15.4. The first-order chi connectivity index (χ1) is 10.6. The van der Waals surface area contributed by atoms with E-state index in [0.29, 0.717) is 6.42 Å². The fourth-order valence-corrected chi connectivity index (χ4v) is 3.29. The second-order valence-electron chi connectivity index (χ2n) is 4.79. The lowest BCUT2D eigenvalue weighted by Gasteiger charge is -2.08. The number of hydrogen-bond donors (Lipinski definition) is 1. The molecule has 2 aromatic carbocycles. The van der Waals surface area contributed by atoms with Gasteiger partial charge in [-0.15, -0.1) is 0 Å². The molecule has 0 saturated carbocycles. The van der Waals surface area contributed by atoms with Crippen molar-refractivity contribution in [1.29, 1.82) is 0 Å². The largest absolute Gasteiger partial charge is 0.457 e. The van der Waals surface area contributed by atoms with Crippen LogP contribution in [0.3, 0.4) is 0 Å². The van der Waals surface area contributed by atoms with Gasteiger partial charge in [0.1, 0.15) is 11.5 Å². The number of imide groups is 1. The van der Waals surface area contributed by atoms with Crippen molar-refractivity contribution in [2.45, 2.75) is 11.7 Å². The van der Waals surface area contributed by atoms with Crippen molar-refractivity contribution in [2.75, 3.05) is 0 Å². The molecule has 2 amide bonds. The van der Waals surface area contributed by atoms with Crippen LogP contribution >= 0.6 is 34.4 Å². The molecule has 0 spiro atoms. The minimum Gasteiger partial charge on any atom is -0.457 e. The zero-order valence-corrected chi connectivity index (χ0v) is 14.4. The van der Waals surface area contributed by atoms with E-state index < -0.39 is 0 Å². The van der Waals surface area contributed by atoms with Gasteiger partial charge in [-0.25, -0.2) is 0 Å². The Kier molecular flexibility index (Phi) is 4.68. The van der Waals surface area contributed by atoms with Crippen LogP contribution in [0.4, 0.5) is 4.79 Å². The highest BCUT2D eigenvalue weighted by molar-refractivity contribution is 14.1. The van der Waals surface area contributed by atoms with Gasteiger partial charge in [-0.1, -0.05) is 23.9 Å². The molecule has 0 aromatic heterocycles. The molecule has 112 valence electrons. The molecule has 1 saturated heterocycles. The van der Waals surface area contributed by atoms with E-state index in [-0.39, 0.29) is 16.4 Å². The highest BCUT2D eigenvalue weighted by Crippen LogP contribution is 2.26. The van der Waals surface area contributed by atoms with Gasteiger partial charge >= 0.3 is 0 Å². The highest BCUT2D eigenvalue weighted by Gasteiger charge is 2.31. The maximum absolute atomic E-state index is 11.5. The van der Waals surface area contributed by atoms with Gasteiger partial charge in [-0.3, -0.25) is 14.9 Å². The van der Waals surface area contributed by atoms with E-state index in [1.165, 1.54) is 0 Å². The van der Waals surface area contributed by atoms with Gasteiger partial charge in [0.2, 0.25) is 5.91 Å². The molecule has 1 aliphatic heterocycles. The molecule has 3 rings (SSSR count). The second kappa shape index (κ2) is 6.70. The van der Waals surface area contributed by atoms with Crippen LogP contribution in [0.2, 0.25) is 0 Å². The lowest BCUT2D eigenvalue weighted by Crippen LogP contribution is -2.25. The van der Waals surface area contributed by atoms with E-state index in [0.717, 1.165) is 32.4 Å². The number of amides is 2. The average Bonchev–Trinajstić information content (AvgIpc) is 2.81. The third kappa shape index (κ3) is 3.80. The number of carbonyl (C=O) groups excluding carboxylic acids is 2. The smallest absolute Gasteiger partial charge is 0.286 e. The quantitative estimate of drug-likeness (QED) is 0.754. The van der Waals surface area contributed by atoms with Gasteiger partial charge in [0.05, 0.1) is 5.25 Å². The van der Waals surface area contributed by atoms with Gasteiger partial charge < -0.3 is 4.74 Å². The van der Waals surface area contributed by atoms with Crippen LogP contribution < -0.4 is 10.1 Å². The van der Waals surface area contributed by atoms with Crippen molar-refractivity contribution in [3.8, 4) is 11.5 Å². The molecule has 0 radical (unpaired) electrons. The minimum atomic E-state index is -0.338. The van der Waals surface area contributed by atoms with E-state index in [1.54, 1.807) is 0 Å². The predicted octanol–water partition coefficient (Wildman–Crippen LogP) is 3.98. The average molecular weight is 425 g/mol. The lowest BCUT2D eigenvalue weighted by molar-refractivity contribution is -0.118. The van der Waals surface area contributed by atoms with Crippen molar-refractivity contribution in [3.63, 3.8) is 0 Å². The van der Waals surface area contributed by atoms with Crippen molar-refractivity contribution < 1.29 is 14.3 Å². The fourth-order valence-electron chi connectivity index (χ4n) is 2.07. The summed E-state index contributed by atoms with van der Waals surface area (Å²) in [5.41, 5.74) is 0.998. The lowest BCUT2D eigenvalue weighted by atomic mass is 10.1. The molecule has 0 aliphatic carbocycles. The Bertz CT molecular complexity index is 700. The number of ether oxygens (including phenoxy) is 1. The molecule has 1 unspecified atom stereocenters. The number of benzene rings is 2. The molecule has 0 bridgehead atoms. The van der Waals surface area contributed by atoms with Gasteiger partial charge in [0, 0.05) is 3.57 Å². The summed E-state index contributed by atoms with van der Waals surface area (Å²) in [5, 5.41) is 1.69. The molecule has 22 heavy (non-hydrogen) atoms. The summed E-state index contributed by atoms with van der Waals surface area (Å²) < 4.78 is 6.91. The molecule has 2 aromatic rings. The van der Waals surface area contributed by atoms with Crippen LogP contribution in [-0.4, -0.2) is 16.4 Å². The van der Waals surface area contributed by atoms with Crippen LogP contribution in [0.15, 0.2) is 48.5 Å². The zero-order valence-electron chi connectivity index (χ0n) is 11.4.